The molecule has 1 aromatic heterocycles. The largest absolute Gasteiger partial charge is 0.478 e. The van der Waals surface area contributed by atoms with E-state index in [9.17, 15) is 4.79 Å². The molecule has 1 heterocycles. The van der Waals surface area contributed by atoms with Crippen molar-refractivity contribution in [3.63, 3.8) is 0 Å². The Bertz CT molecular complexity index is 346. The molecule has 0 unspecified atom stereocenters. The van der Waals surface area contributed by atoms with Crippen LogP contribution in [-0.4, -0.2) is 17.6 Å². The molecule has 0 aliphatic carbocycles. The first-order chi connectivity index (χ1) is 6.13. The Labute approximate surface area is 88.0 Å². The lowest BCUT2D eigenvalue weighted by Crippen LogP contribution is -2.11. The van der Waals surface area contributed by atoms with Crippen molar-refractivity contribution in [2.45, 2.75) is 0 Å². The van der Waals surface area contributed by atoms with E-state index in [1.165, 1.54) is 11.3 Å². The van der Waals surface area contributed by atoms with Gasteiger partial charge in [-0.15, -0.1) is 11.3 Å². The molecule has 0 amide bonds. The number of nitrogens with two attached hydrogens (primary N) is 1. The van der Waals surface area contributed by atoms with Gasteiger partial charge in [0, 0.05) is 11.4 Å². The third-order valence-electron chi connectivity index (χ3n) is 1.41. The molecule has 1 rings (SSSR count). The second-order valence-corrected chi connectivity index (χ2v) is 4.82. The molecule has 0 radical (unpaired) electrons. The van der Waals surface area contributed by atoms with Crippen molar-refractivity contribution in [3.8, 4) is 0 Å². The molecule has 0 aliphatic rings. The molecule has 1 aromatic rings. The Morgan fingerprint density at radius 1 is 1.69 bits per heavy atom. The summed E-state index contributed by atoms with van der Waals surface area (Å²) in [4.78, 5) is 11.5. The van der Waals surface area contributed by atoms with Gasteiger partial charge in [-0.1, -0.05) is 0 Å². The predicted molar refractivity (Wildman–Crippen MR) is 56.7 cm³/mol. The standard InChI is InChI=1S/C8H8BrNO2S/c9-7-2-1-6(13-7)3-5(4-10)8(11)12/h1-3H,4,10H2,(H,11,12). The summed E-state index contributed by atoms with van der Waals surface area (Å²) in [7, 11) is 0. The zero-order valence-corrected chi connectivity index (χ0v) is 9.06. The maximum Gasteiger partial charge on any atom is 0.332 e. The van der Waals surface area contributed by atoms with Gasteiger partial charge in [0.1, 0.15) is 0 Å². The van der Waals surface area contributed by atoms with Gasteiger partial charge < -0.3 is 10.8 Å². The van der Waals surface area contributed by atoms with Gasteiger partial charge in [0.2, 0.25) is 0 Å². The molecule has 5 heteroatoms. The van der Waals surface area contributed by atoms with Crippen LogP contribution >= 0.6 is 27.3 Å². The summed E-state index contributed by atoms with van der Waals surface area (Å²) < 4.78 is 0.973. The Kier molecular flexibility index (Phi) is 3.65. The number of carboxylic acid groups (broad SMARTS) is 1. The number of hydrogen-bond donors (Lipinski definition) is 2. The van der Waals surface area contributed by atoms with Crippen LogP contribution in [0.5, 0.6) is 0 Å². The molecule has 0 spiro atoms. The molecule has 0 saturated carbocycles. The maximum absolute atomic E-state index is 10.6. The number of thiophene rings is 1. The van der Waals surface area contributed by atoms with Gasteiger partial charge in [-0.3, -0.25) is 0 Å². The first-order valence-electron chi connectivity index (χ1n) is 3.52. The van der Waals surface area contributed by atoms with Crippen LogP contribution in [-0.2, 0) is 4.79 Å². The minimum absolute atomic E-state index is 0.0465. The summed E-state index contributed by atoms with van der Waals surface area (Å²) in [6.07, 6.45) is 1.58. The van der Waals surface area contributed by atoms with E-state index in [-0.39, 0.29) is 12.1 Å². The van der Waals surface area contributed by atoms with Gasteiger partial charge in [-0.2, -0.15) is 0 Å². The highest BCUT2D eigenvalue weighted by Gasteiger charge is 2.05. The van der Waals surface area contributed by atoms with Crippen molar-refractivity contribution in [1.29, 1.82) is 0 Å². The van der Waals surface area contributed by atoms with Gasteiger partial charge in [-0.25, -0.2) is 4.79 Å². The molecule has 70 valence electrons. The quantitative estimate of drug-likeness (QED) is 0.818. The Morgan fingerprint density at radius 2 is 2.38 bits per heavy atom. The van der Waals surface area contributed by atoms with Crippen LogP contribution in [0.1, 0.15) is 4.88 Å². The smallest absolute Gasteiger partial charge is 0.332 e. The van der Waals surface area contributed by atoms with Crippen LogP contribution in [0.4, 0.5) is 0 Å². The number of carboxylic acids is 1. The van der Waals surface area contributed by atoms with Crippen molar-refractivity contribution in [2.24, 2.45) is 5.73 Å². The Hall–Kier alpha value is -0.650. The van der Waals surface area contributed by atoms with Crippen LogP contribution in [0.2, 0.25) is 0 Å². The van der Waals surface area contributed by atoms with E-state index < -0.39 is 5.97 Å². The zero-order valence-electron chi connectivity index (χ0n) is 6.66. The maximum atomic E-state index is 10.6. The number of carbonyl (C=O) groups is 1. The molecule has 0 fully saturated rings. The molecule has 0 saturated heterocycles. The predicted octanol–water partition coefficient (Wildman–Crippen LogP) is 1.94. The lowest BCUT2D eigenvalue weighted by molar-refractivity contribution is -0.132. The second-order valence-electron chi connectivity index (χ2n) is 2.32. The van der Waals surface area contributed by atoms with Crippen LogP contribution < -0.4 is 5.73 Å². The fourth-order valence-corrected chi connectivity index (χ4v) is 2.18. The lowest BCUT2D eigenvalue weighted by Gasteiger charge is -1.94. The highest BCUT2D eigenvalue weighted by molar-refractivity contribution is 9.11. The average Bonchev–Trinajstić information content (AvgIpc) is 2.46. The van der Waals surface area contributed by atoms with Gasteiger partial charge in [0.25, 0.3) is 0 Å². The summed E-state index contributed by atoms with van der Waals surface area (Å²) in [5.74, 6) is -0.966. The SMILES string of the molecule is NCC(=Cc1ccc(Br)s1)C(=O)O. The molecule has 0 aromatic carbocycles. The van der Waals surface area contributed by atoms with Gasteiger partial charge >= 0.3 is 5.97 Å². The number of halogens is 1. The van der Waals surface area contributed by atoms with E-state index in [4.69, 9.17) is 10.8 Å². The number of aliphatic carboxylic acids is 1. The van der Waals surface area contributed by atoms with Gasteiger partial charge in [0.05, 0.1) is 9.36 Å². The lowest BCUT2D eigenvalue weighted by atomic mass is 10.2. The third-order valence-corrected chi connectivity index (χ3v) is 2.98. The molecule has 0 bridgehead atoms. The van der Waals surface area contributed by atoms with E-state index in [1.54, 1.807) is 6.08 Å². The molecule has 0 atom stereocenters. The fraction of sp³-hybridized carbons (Fsp3) is 0.125. The summed E-state index contributed by atoms with van der Waals surface area (Å²) >= 11 is 4.76. The average molecular weight is 262 g/mol. The topological polar surface area (TPSA) is 63.3 Å². The number of rotatable bonds is 3. The summed E-state index contributed by atoms with van der Waals surface area (Å²) in [5.41, 5.74) is 5.49. The van der Waals surface area contributed by atoms with Crippen LogP contribution in [0.15, 0.2) is 21.5 Å². The third kappa shape index (κ3) is 2.95. The highest BCUT2D eigenvalue weighted by Crippen LogP contribution is 2.23. The molecule has 13 heavy (non-hydrogen) atoms. The summed E-state index contributed by atoms with van der Waals surface area (Å²) in [5, 5.41) is 8.69. The first kappa shape index (κ1) is 10.4. The van der Waals surface area contributed by atoms with E-state index in [0.29, 0.717) is 0 Å². The second kappa shape index (κ2) is 4.55. The Morgan fingerprint density at radius 3 is 2.77 bits per heavy atom. The van der Waals surface area contributed by atoms with Crippen LogP contribution in [0, 0.1) is 0 Å². The Balaban J connectivity index is 2.91. The van der Waals surface area contributed by atoms with E-state index in [1.807, 2.05) is 12.1 Å². The van der Waals surface area contributed by atoms with Crippen molar-refractivity contribution in [1.82, 2.24) is 0 Å². The van der Waals surface area contributed by atoms with Crippen LogP contribution in [0.25, 0.3) is 6.08 Å². The fourth-order valence-electron chi connectivity index (χ4n) is 0.786. The van der Waals surface area contributed by atoms with E-state index in [2.05, 4.69) is 15.9 Å². The normalized spacial score (nSPS) is 11.7. The number of hydrogen-bond acceptors (Lipinski definition) is 3. The summed E-state index contributed by atoms with van der Waals surface area (Å²) in [6, 6.07) is 3.71. The van der Waals surface area contributed by atoms with E-state index >= 15 is 0 Å². The van der Waals surface area contributed by atoms with Crippen LogP contribution in [0.3, 0.4) is 0 Å². The minimum Gasteiger partial charge on any atom is -0.478 e. The monoisotopic (exact) mass is 261 g/mol. The minimum atomic E-state index is -0.966. The molecular weight excluding hydrogens is 254 g/mol. The van der Waals surface area contributed by atoms with E-state index in [0.717, 1.165) is 8.66 Å². The van der Waals surface area contributed by atoms with Crippen molar-refractivity contribution < 1.29 is 9.90 Å². The van der Waals surface area contributed by atoms with Gasteiger partial charge in [0.15, 0.2) is 0 Å². The summed E-state index contributed by atoms with van der Waals surface area (Å²) in [6.45, 7) is 0.0465. The highest BCUT2D eigenvalue weighted by atomic mass is 79.9. The van der Waals surface area contributed by atoms with Gasteiger partial charge in [-0.05, 0) is 34.1 Å². The molecule has 3 nitrogen and oxygen atoms in total. The van der Waals surface area contributed by atoms with Crippen molar-refractivity contribution in [2.75, 3.05) is 6.54 Å². The van der Waals surface area contributed by atoms with Crippen molar-refractivity contribution >= 4 is 39.3 Å². The van der Waals surface area contributed by atoms with Crippen molar-refractivity contribution in [3.05, 3.63) is 26.4 Å². The molecule has 3 N–H and O–H groups in total. The molecular formula is C8H8BrNO2S. The first-order valence-corrected chi connectivity index (χ1v) is 5.13. The molecule has 0 aliphatic heterocycles. The zero-order chi connectivity index (χ0) is 9.84.